The SMILES string of the molecule is c1ccc(-c2nnc(-c3cccnc3)n2-c2ccc(N(c3ccccc3)c3ccc(-n4c5ccccc5c5ccccc54)cc3)cc2)cc1. The summed E-state index contributed by atoms with van der Waals surface area (Å²) in [7, 11) is 0. The molecule has 3 heterocycles. The lowest BCUT2D eigenvalue weighted by Gasteiger charge is -2.26. The van der Waals surface area contributed by atoms with Crippen LogP contribution in [0.2, 0.25) is 0 Å². The maximum absolute atomic E-state index is 4.63. The van der Waals surface area contributed by atoms with E-state index in [1.165, 1.54) is 21.8 Å². The van der Waals surface area contributed by atoms with Crippen molar-refractivity contribution >= 4 is 38.9 Å². The van der Waals surface area contributed by atoms with Crippen LogP contribution in [0.4, 0.5) is 17.1 Å². The van der Waals surface area contributed by atoms with Crippen LogP contribution < -0.4 is 4.90 Å². The van der Waals surface area contributed by atoms with E-state index in [2.05, 4.69) is 163 Å². The van der Waals surface area contributed by atoms with E-state index < -0.39 is 0 Å². The van der Waals surface area contributed by atoms with Crippen LogP contribution in [-0.2, 0) is 0 Å². The lowest BCUT2D eigenvalue weighted by Crippen LogP contribution is -2.10. The van der Waals surface area contributed by atoms with Crippen molar-refractivity contribution < 1.29 is 0 Å². The van der Waals surface area contributed by atoms with Crippen molar-refractivity contribution in [1.82, 2.24) is 24.3 Å². The molecular weight excluding hydrogens is 601 g/mol. The summed E-state index contributed by atoms with van der Waals surface area (Å²) < 4.78 is 4.45. The number of anilines is 3. The molecule has 0 N–H and O–H groups in total. The fourth-order valence-electron chi connectivity index (χ4n) is 6.71. The highest BCUT2D eigenvalue weighted by Crippen LogP contribution is 2.38. The normalized spacial score (nSPS) is 11.3. The van der Waals surface area contributed by atoms with Crippen LogP contribution >= 0.6 is 0 Å². The summed E-state index contributed by atoms with van der Waals surface area (Å²) in [6.07, 6.45) is 3.59. The van der Waals surface area contributed by atoms with Gasteiger partial charge >= 0.3 is 0 Å². The average Bonchev–Trinajstić information content (AvgIpc) is 3.77. The summed E-state index contributed by atoms with van der Waals surface area (Å²) >= 11 is 0. The highest BCUT2D eigenvalue weighted by atomic mass is 15.3. The number of rotatable bonds is 7. The zero-order valence-corrected chi connectivity index (χ0v) is 26.5. The molecule has 0 unspecified atom stereocenters. The van der Waals surface area contributed by atoms with Gasteiger partial charge in [-0.25, -0.2) is 0 Å². The Bertz CT molecular complexity index is 2410. The number of benzene rings is 6. The molecule has 6 nitrogen and oxygen atoms in total. The minimum absolute atomic E-state index is 0.736. The summed E-state index contributed by atoms with van der Waals surface area (Å²) in [6, 6.07) is 59.2. The van der Waals surface area contributed by atoms with Gasteiger partial charge in [0.1, 0.15) is 0 Å². The molecule has 6 heteroatoms. The summed E-state index contributed by atoms with van der Waals surface area (Å²) in [5.41, 5.74) is 9.53. The molecule has 0 amide bonds. The first-order valence-electron chi connectivity index (χ1n) is 16.3. The molecule has 0 aliphatic heterocycles. The topological polar surface area (TPSA) is 51.8 Å². The Balaban J connectivity index is 1.13. The largest absolute Gasteiger partial charge is 0.311 e. The third-order valence-electron chi connectivity index (χ3n) is 8.94. The van der Waals surface area contributed by atoms with Crippen LogP contribution in [0.3, 0.4) is 0 Å². The third-order valence-corrected chi connectivity index (χ3v) is 8.94. The zero-order chi connectivity index (χ0) is 32.6. The first kappa shape index (κ1) is 28.4. The Morgan fingerprint density at radius 2 is 0.857 bits per heavy atom. The predicted molar refractivity (Wildman–Crippen MR) is 199 cm³/mol. The van der Waals surface area contributed by atoms with Gasteiger partial charge in [0, 0.05) is 62.7 Å². The first-order valence-corrected chi connectivity index (χ1v) is 16.3. The Hall–Kier alpha value is -6.79. The van der Waals surface area contributed by atoms with Crippen molar-refractivity contribution in [3.05, 3.63) is 182 Å². The van der Waals surface area contributed by atoms with Crippen LogP contribution in [0.25, 0.3) is 56.0 Å². The van der Waals surface area contributed by atoms with Gasteiger partial charge in [-0.05, 0) is 84.9 Å². The molecule has 0 spiro atoms. The van der Waals surface area contributed by atoms with E-state index in [0.29, 0.717) is 0 Å². The van der Waals surface area contributed by atoms with E-state index in [1.807, 2.05) is 42.6 Å². The first-order chi connectivity index (χ1) is 24.3. The van der Waals surface area contributed by atoms with Gasteiger partial charge in [-0.2, -0.15) is 0 Å². The van der Waals surface area contributed by atoms with E-state index in [1.54, 1.807) is 6.20 Å². The lowest BCUT2D eigenvalue weighted by molar-refractivity contribution is 1.07. The van der Waals surface area contributed by atoms with Crippen LogP contribution in [0.5, 0.6) is 0 Å². The molecule has 0 fully saturated rings. The van der Waals surface area contributed by atoms with E-state index in [9.17, 15) is 0 Å². The van der Waals surface area contributed by atoms with Crippen molar-refractivity contribution in [3.8, 4) is 34.2 Å². The highest BCUT2D eigenvalue weighted by molar-refractivity contribution is 6.09. The van der Waals surface area contributed by atoms with E-state index in [0.717, 1.165) is 51.2 Å². The fraction of sp³-hybridized carbons (Fsp3) is 0. The van der Waals surface area contributed by atoms with E-state index in [4.69, 9.17) is 0 Å². The summed E-state index contributed by atoms with van der Waals surface area (Å²) in [4.78, 5) is 6.63. The van der Waals surface area contributed by atoms with Gasteiger partial charge in [-0.1, -0.05) is 84.9 Å². The molecule has 232 valence electrons. The standard InChI is InChI=1S/C43H30N6/c1-3-12-31(13-4-1)42-45-46-43(32-14-11-29-44-30-32)49(42)37-27-23-35(24-28-37)47(33-15-5-2-6-16-33)34-21-25-36(26-22-34)48-40-19-9-7-17-38(40)39-18-8-10-20-41(39)48/h1-30H. The Morgan fingerprint density at radius 3 is 1.43 bits per heavy atom. The van der Waals surface area contributed by atoms with Crippen molar-refractivity contribution in [2.75, 3.05) is 4.90 Å². The van der Waals surface area contributed by atoms with Crippen LogP contribution in [0.1, 0.15) is 0 Å². The van der Waals surface area contributed by atoms with Gasteiger partial charge < -0.3 is 9.47 Å². The molecule has 0 saturated heterocycles. The molecule has 0 bridgehead atoms. The Morgan fingerprint density at radius 1 is 0.388 bits per heavy atom. The molecule has 3 aromatic heterocycles. The fourth-order valence-corrected chi connectivity index (χ4v) is 6.71. The van der Waals surface area contributed by atoms with Crippen molar-refractivity contribution in [2.24, 2.45) is 0 Å². The second kappa shape index (κ2) is 12.1. The predicted octanol–water partition coefficient (Wildman–Crippen LogP) is 10.6. The molecule has 0 aliphatic carbocycles. The van der Waals surface area contributed by atoms with Gasteiger partial charge in [-0.3, -0.25) is 9.55 Å². The highest BCUT2D eigenvalue weighted by Gasteiger charge is 2.19. The Kier molecular flexibility index (Phi) is 7.02. The van der Waals surface area contributed by atoms with Gasteiger partial charge in [0.15, 0.2) is 11.6 Å². The van der Waals surface area contributed by atoms with Crippen molar-refractivity contribution in [2.45, 2.75) is 0 Å². The monoisotopic (exact) mass is 630 g/mol. The molecule has 49 heavy (non-hydrogen) atoms. The minimum atomic E-state index is 0.736. The number of fused-ring (bicyclic) bond motifs is 3. The second-order valence-electron chi connectivity index (χ2n) is 11.9. The number of aromatic nitrogens is 5. The minimum Gasteiger partial charge on any atom is -0.311 e. The van der Waals surface area contributed by atoms with E-state index in [-0.39, 0.29) is 0 Å². The molecule has 0 saturated carbocycles. The van der Waals surface area contributed by atoms with Gasteiger partial charge in [0.05, 0.1) is 11.0 Å². The van der Waals surface area contributed by atoms with Crippen molar-refractivity contribution in [3.63, 3.8) is 0 Å². The summed E-state index contributed by atoms with van der Waals surface area (Å²) in [5.74, 6) is 1.51. The van der Waals surface area contributed by atoms with Crippen LogP contribution in [0.15, 0.2) is 182 Å². The van der Waals surface area contributed by atoms with Gasteiger partial charge in [-0.15, -0.1) is 10.2 Å². The second-order valence-corrected chi connectivity index (χ2v) is 11.9. The molecule has 9 rings (SSSR count). The summed E-state index contributed by atoms with van der Waals surface area (Å²) in [5, 5.41) is 11.8. The maximum Gasteiger partial charge on any atom is 0.170 e. The molecule has 0 aliphatic rings. The average molecular weight is 631 g/mol. The molecule has 9 aromatic rings. The number of para-hydroxylation sites is 3. The zero-order valence-electron chi connectivity index (χ0n) is 26.5. The number of hydrogen-bond donors (Lipinski definition) is 0. The van der Waals surface area contributed by atoms with Gasteiger partial charge in [0.25, 0.3) is 0 Å². The lowest BCUT2D eigenvalue weighted by atomic mass is 10.1. The van der Waals surface area contributed by atoms with Crippen LogP contribution in [-0.4, -0.2) is 24.3 Å². The third kappa shape index (κ3) is 5.03. The van der Waals surface area contributed by atoms with Crippen molar-refractivity contribution in [1.29, 1.82) is 0 Å². The quantitative estimate of drug-likeness (QED) is 0.176. The number of nitrogens with zero attached hydrogens (tertiary/aromatic N) is 6. The number of pyridine rings is 1. The maximum atomic E-state index is 4.63. The number of hydrogen-bond acceptors (Lipinski definition) is 4. The molecular formula is C43H30N6. The van der Waals surface area contributed by atoms with E-state index >= 15 is 0 Å². The smallest absolute Gasteiger partial charge is 0.170 e. The molecule has 0 radical (unpaired) electrons. The van der Waals surface area contributed by atoms with Crippen LogP contribution in [0, 0.1) is 0 Å². The summed E-state index contributed by atoms with van der Waals surface area (Å²) in [6.45, 7) is 0. The molecule has 6 aromatic carbocycles. The van der Waals surface area contributed by atoms with Gasteiger partial charge in [0.2, 0.25) is 0 Å². The molecule has 0 atom stereocenters. The Labute approximate surface area is 283 Å².